The lowest BCUT2D eigenvalue weighted by Gasteiger charge is -1.99. The highest BCUT2D eigenvalue weighted by Gasteiger charge is 2.17. The van der Waals surface area contributed by atoms with Crippen LogP contribution in [0, 0.1) is 0 Å². The molecule has 4 heteroatoms. The largest absolute Gasteiger partial charge is 0.338 e. The minimum absolute atomic E-state index is 0.201. The maximum Gasteiger partial charge on any atom is 0.180 e. The third kappa shape index (κ3) is 2.63. The first-order valence-electron chi connectivity index (χ1n) is 6.85. The molecule has 3 nitrogen and oxygen atoms in total. The summed E-state index contributed by atoms with van der Waals surface area (Å²) in [5.41, 5.74) is 1.41. The Morgan fingerprint density at radius 2 is 2.21 bits per heavy atom. The molecule has 0 aromatic carbocycles. The van der Waals surface area contributed by atoms with Crippen molar-refractivity contribution in [3.63, 3.8) is 0 Å². The lowest BCUT2D eigenvalue weighted by atomic mass is 10.1. The van der Waals surface area contributed by atoms with E-state index in [-0.39, 0.29) is 5.78 Å². The molecule has 0 saturated heterocycles. The molecule has 2 heterocycles. The van der Waals surface area contributed by atoms with E-state index in [1.807, 2.05) is 17.8 Å². The summed E-state index contributed by atoms with van der Waals surface area (Å²) in [5, 5.41) is 0. The lowest BCUT2D eigenvalue weighted by molar-refractivity contribution is 0.0994. The van der Waals surface area contributed by atoms with Crippen molar-refractivity contribution < 1.29 is 4.79 Å². The number of thiophene rings is 1. The van der Waals surface area contributed by atoms with Gasteiger partial charge < -0.3 is 4.57 Å². The van der Waals surface area contributed by atoms with Crippen LogP contribution >= 0.6 is 11.3 Å². The smallest absolute Gasteiger partial charge is 0.180 e. The molecule has 0 bridgehead atoms. The van der Waals surface area contributed by atoms with E-state index in [0.717, 1.165) is 23.5 Å². The minimum atomic E-state index is 0.201. The van der Waals surface area contributed by atoms with Gasteiger partial charge in [-0.1, -0.05) is 6.42 Å². The van der Waals surface area contributed by atoms with Crippen LogP contribution in [0.25, 0.3) is 0 Å². The molecule has 1 aliphatic carbocycles. The van der Waals surface area contributed by atoms with Gasteiger partial charge in [0.15, 0.2) is 5.78 Å². The van der Waals surface area contributed by atoms with Crippen LogP contribution in [-0.4, -0.2) is 15.3 Å². The first kappa shape index (κ1) is 12.6. The molecule has 2 aromatic rings. The summed E-state index contributed by atoms with van der Waals surface area (Å²) in [6.07, 6.45) is 10.2. The van der Waals surface area contributed by atoms with Crippen LogP contribution in [-0.2, 0) is 26.3 Å². The molecular weight excluding hydrogens is 256 g/mol. The van der Waals surface area contributed by atoms with Crippen LogP contribution in [0.2, 0.25) is 0 Å². The zero-order valence-electron chi connectivity index (χ0n) is 11.2. The zero-order valence-corrected chi connectivity index (χ0v) is 12.0. The lowest BCUT2D eigenvalue weighted by Crippen LogP contribution is -2.06. The predicted molar refractivity (Wildman–Crippen MR) is 76.8 cm³/mol. The molecule has 0 atom stereocenters. The van der Waals surface area contributed by atoms with Crippen LogP contribution in [0.4, 0.5) is 0 Å². The summed E-state index contributed by atoms with van der Waals surface area (Å²) in [4.78, 5) is 18.9. The molecule has 3 rings (SSSR count). The molecule has 100 valence electrons. The van der Waals surface area contributed by atoms with Gasteiger partial charge in [0.25, 0.3) is 0 Å². The third-order valence-corrected chi connectivity index (χ3v) is 5.04. The fourth-order valence-corrected chi connectivity index (χ4v) is 3.79. The number of hydrogen-bond acceptors (Lipinski definition) is 3. The molecule has 0 aliphatic heterocycles. The highest BCUT2D eigenvalue weighted by molar-refractivity contribution is 7.14. The second kappa shape index (κ2) is 5.29. The van der Waals surface area contributed by atoms with E-state index in [9.17, 15) is 4.79 Å². The van der Waals surface area contributed by atoms with E-state index in [2.05, 4.69) is 11.1 Å². The van der Waals surface area contributed by atoms with Gasteiger partial charge in [0.05, 0.1) is 11.3 Å². The Bertz CT molecular complexity index is 574. The summed E-state index contributed by atoms with van der Waals surface area (Å²) < 4.78 is 1.91. The summed E-state index contributed by atoms with van der Waals surface area (Å²) in [5.74, 6) is 1.04. The van der Waals surface area contributed by atoms with Crippen molar-refractivity contribution in [3.8, 4) is 0 Å². The van der Waals surface area contributed by atoms with Gasteiger partial charge >= 0.3 is 0 Å². The Morgan fingerprint density at radius 3 is 3.00 bits per heavy atom. The van der Waals surface area contributed by atoms with Gasteiger partial charge in [0, 0.05) is 24.3 Å². The number of hydrogen-bond donors (Lipinski definition) is 0. The fourth-order valence-electron chi connectivity index (χ4n) is 2.60. The second-order valence-corrected chi connectivity index (χ2v) is 6.31. The Morgan fingerprint density at radius 1 is 1.37 bits per heavy atom. The highest BCUT2D eigenvalue weighted by Crippen LogP contribution is 2.29. The number of rotatable bonds is 3. The molecular formula is C15H18N2OS. The predicted octanol–water partition coefficient (Wildman–Crippen LogP) is 3.18. The van der Waals surface area contributed by atoms with Crippen molar-refractivity contribution in [3.05, 3.63) is 39.6 Å². The average molecular weight is 274 g/mol. The van der Waals surface area contributed by atoms with E-state index in [0.29, 0.717) is 6.42 Å². The number of fused-ring (bicyclic) bond motifs is 1. The van der Waals surface area contributed by atoms with Crippen LogP contribution < -0.4 is 0 Å². The number of aromatic nitrogens is 2. The summed E-state index contributed by atoms with van der Waals surface area (Å²) in [7, 11) is 1.93. The molecule has 0 saturated carbocycles. The van der Waals surface area contributed by atoms with Gasteiger partial charge in [-0.25, -0.2) is 4.98 Å². The maximum atomic E-state index is 12.3. The zero-order chi connectivity index (χ0) is 13.2. The van der Waals surface area contributed by atoms with Gasteiger partial charge in [-0.2, -0.15) is 0 Å². The van der Waals surface area contributed by atoms with E-state index < -0.39 is 0 Å². The van der Waals surface area contributed by atoms with Crippen LogP contribution in [0.5, 0.6) is 0 Å². The molecule has 1 aliphatic rings. The fraction of sp³-hybridized carbons (Fsp3) is 0.467. The summed E-state index contributed by atoms with van der Waals surface area (Å²) in [6, 6.07) is 2.12. The molecule has 0 radical (unpaired) electrons. The number of ketones is 1. The van der Waals surface area contributed by atoms with Gasteiger partial charge in [-0.05, 0) is 37.3 Å². The number of carbonyl (C=O) groups excluding carboxylic acids is 1. The Labute approximate surface area is 117 Å². The van der Waals surface area contributed by atoms with E-state index in [1.165, 1.54) is 29.7 Å². The Hall–Kier alpha value is -1.42. The Balaban J connectivity index is 1.79. The summed E-state index contributed by atoms with van der Waals surface area (Å²) in [6.45, 7) is 0. The third-order valence-electron chi connectivity index (χ3n) is 3.76. The van der Waals surface area contributed by atoms with Crippen molar-refractivity contribution in [2.24, 2.45) is 7.05 Å². The molecule has 0 fully saturated rings. The van der Waals surface area contributed by atoms with Crippen molar-refractivity contribution >= 4 is 17.1 Å². The van der Waals surface area contributed by atoms with E-state index >= 15 is 0 Å². The molecule has 2 aromatic heterocycles. The molecule has 0 N–H and O–H groups in total. The topological polar surface area (TPSA) is 34.9 Å². The normalized spacial score (nSPS) is 15.0. The Kier molecular flexibility index (Phi) is 3.51. The van der Waals surface area contributed by atoms with Crippen LogP contribution in [0.15, 0.2) is 18.5 Å². The number of aryl methyl sites for hydroxylation is 3. The van der Waals surface area contributed by atoms with Gasteiger partial charge in [0.1, 0.15) is 5.82 Å². The van der Waals surface area contributed by atoms with Gasteiger partial charge in [-0.15, -0.1) is 11.3 Å². The minimum Gasteiger partial charge on any atom is -0.338 e. The quantitative estimate of drug-likeness (QED) is 0.636. The van der Waals surface area contributed by atoms with Crippen molar-refractivity contribution in [2.45, 2.75) is 38.5 Å². The van der Waals surface area contributed by atoms with Crippen molar-refractivity contribution in [1.82, 2.24) is 9.55 Å². The first-order valence-corrected chi connectivity index (χ1v) is 7.66. The second-order valence-electron chi connectivity index (χ2n) is 5.17. The number of Topliss-reactive ketones (excluding diaryl/α,β-unsaturated/α-hetero) is 1. The number of nitrogens with zero attached hydrogens (tertiary/aromatic N) is 2. The standard InChI is InChI=1S/C15H18N2OS/c1-17-8-7-16-15(17)10-12(18)14-9-11-5-3-2-4-6-13(11)19-14/h7-9H,2-6,10H2,1H3. The monoisotopic (exact) mass is 274 g/mol. The molecule has 0 spiro atoms. The average Bonchev–Trinajstić information content (AvgIpc) is 2.91. The maximum absolute atomic E-state index is 12.3. The van der Waals surface area contributed by atoms with Crippen molar-refractivity contribution in [2.75, 3.05) is 0 Å². The van der Waals surface area contributed by atoms with Crippen LogP contribution in [0.1, 0.15) is 45.2 Å². The van der Waals surface area contributed by atoms with E-state index in [1.54, 1.807) is 17.5 Å². The van der Waals surface area contributed by atoms with Crippen molar-refractivity contribution in [1.29, 1.82) is 0 Å². The van der Waals surface area contributed by atoms with Crippen LogP contribution in [0.3, 0.4) is 0 Å². The first-order chi connectivity index (χ1) is 9.24. The van der Waals surface area contributed by atoms with E-state index in [4.69, 9.17) is 0 Å². The number of imidazole rings is 1. The highest BCUT2D eigenvalue weighted by atomic mass is 32.1. The van der Waals surface area contributed by atoms with Gasteiger partial charge in [0.2, 0.25) is 0 Å². The SMILES string of the molecule is Cn1ccnc1CC(=O)c1cc2c(s1)CCCCC2. The molecule has 0 amide bonds. The van der Waals surface area contributed by atoms with Gasteiger partial charge in [-0.3, -0.25) is 4.79 Å². The summed E-state index contributed by atoms with van der Waals surface area (Å²) >= 11 is 1.70. The molecule has 0 unspecified atom stereocenters. The number of carbonyl (C=O) groups is 1. The molecule has 19 heavy (non-hydrogen) atoms.